The molecular weight excluding hydrogens is 361 g/mol. The molecule has 0 radical (unpaired) electrons. The maximum Gasteiger partial charge on any atom is 0.243 e. The minimum absolute atomic E-state index is 0.0113. The summed E-state index contributed by atoms with van der Waals surface area (Å²) in [4.78, 5) is 23.5. The Kier molecular flexibility index (Phi) is 7.10. The van der Waals surface area contributed by atoms with E-state index in [0.717, 1.165) is 17.8 Å². The van der Waals surface area contributed by atoms with Crippen molar-refractivity contribution in [3.05, 3.63) is 52.5 Å². The highest BCUT2D eigenvalue weighted by atomic mass is 35.5. The van der Waals surface area contributed by atoms with Crippen LogP contribution in [0.25, 0.3) is 0 Å². The number of carbonyl (C=O) groups is 2. The van der Waals surface area contributed by atoms with Gasteiger partial charge < -0.3 is 16.0 Å². The standard InChI is InChI=1S/C18H19Cl2N3O2/c1-2-3-17(24)22-15-6-4-14(5-7-15)21-11-18(25)23-16-9-12(19)8-13(20)10-16/h4-10,21H,2-3,11H2,1H3,(H,22,24)(H,23,25). The van der Waals surface area contributed by atoms with Gasteiger partial charge in [-0.1, -0.05) is 30.1 Å². The number of anilines is 3. The molecule has 0 spiro atoms. The van der Waals surface area contributed by atoms with Gasteiger partial charge in [-0.3, -0.25) is 9.59 Å². The normalized spacial score (nSPS) is 10.2. The lowest BCUT2D eigenvalue weighted by atomic mass is 10.2. The second-order valence-corrected chi connectivity index (χ2v) is 6.31. The van der Waals surface area contributed by atoms with Crippen molar-refractivity contribution in [3.63, 3.8) is 0 Å². The number of amides is 2. The summed E-state index contributed by atoms with van der Waals surface area (Å²) in [5.74, 6) is -0.235. The van der Waals surface area contributed by atoms with Crippen LogP contribution in [0.15, 0.2) is 42.5 Å². The maximum absolute atomic E-state index is 12.0. The molecule has 2 aromatic carbocycles. The summed E-state index contributed by atoms with van der Waals surface area (Å²) in [6.07, 6.45) is 1.30. The Morgan fingerprint density at radius 3 is 2.00 bits per heavy atom. The molecule has 5 nitrogen and oxygen atoms in total. The van der Waals surface area contributed by atoms with Crippen molar-refractivity contribution in [1.82, 2.24) is 0 Å². The minimum Gasteiger partial charge on any atom is -0.376 e. The zero-order chi connectivity index (χ0) is 18.2. The molecule has 0 saturated heterocycles. The van der Waals surface area contributed by atoms with Crippen molar-refractivity contribution in [2.75, 3.05) is 22.5 Å². The zero-order valence-corrected chi connectivity index (χ0v) is 15.2. The van der Waals surface area contributed by atoms with E-state index in [-0.39, 0.29) is 18.4 Å². The average molecular weight is 380 g/mol. The number of benzene rings is 2. The van der Waals surface area contributed by atoms with Gasteiger partial charge in [0.1, 0.15) is 0 Å². The Balaban J connectivity index is 1.84. The molecule has 0 aliphatic heterocycles. The highest BCUT2D eigenvalue weighted by Gasteiger charge is 2.05. The first-order chi connectivity index (χ1) is 12.0. The molecule has 2 amide bonds. The molecule has 0 aliphatic carbocycles. The third-order valence-electron chi connectivity index (χ3n) is 3.25. The van der Waals surface area contributed by atoms with Crippen molar-refractivity contribution < 1.29 is 9.59 Å². The van der Waals surface area contributed by atoms with Gasteiger partial charge in [-0.15, -0.1) is 0 Å². The van der Waals surface area contributed by atoms with Crippen molar-refractivity contribution in [2.45, 2.75) is 19.8 Å². The number of hydrogen-bond donors (Lipinski definition) is 3. The topological polar surface area (TPSA) is 70.2 Å². The van der Waals surface area contributed by atoms with Crippen LogP contribution in [0.2, 0.25) is 10.0 Å². The van der Waals surface area contributed by atoms with Gasteiger partial charge >= 0.3 is 0 Å². The molecule has 132 valence electrons. The summed E-state index contributed by atoms with van der Waals surface area (Å²) in [5.41, 5.74) is 2.04. The third-order valence-corrected chi connectivity index (χ3v) is 3.68. The van der Waals surface area contributed by atoms with E-state index in [4.69, 9.17) is 23.2 Å². The van der Waals surface area contributed by atoms with Crippen molar-refractivity contribution in [2.24, 2.45) is 0 Å². The van der Waals surface area contributed by atoms with E-state index in [1.54, 1.807) is 42.5 Å². The Labute approximate surface area is 156 Å². The van der Waals surface area contributed by atoms with Crippen molar-refractivity contribution in [1.29, 1.82) is 0 Å². The minimum atomic E-state index is -0.223. The van der Waals surface area contributed by atoms with E-state index in [1.165, 1.54) is 0 Å². The number of rotatable bonds is 7. The predicted octanol–water partition coefficient (Wildman–Crippen LogP) is 4.78. The van der Waals surface area contributed by atoms with Crippen LogP contribution in [-0.2, 0) is 9.59 Å². The quantitative estimate of drug-likeness (QED) is 0.647. The van der Waals surface area contributed by atoms with Crippen LogP contribution < -0.4 is 16.0 Å². The Bertz CT molecular complexity index is 728. The first-order valence-corrected chi connectivity index (χ1v) is 8.61. The van der Waals surface area contributed by atoms with Gasteiger partial charge in [-0.25, -0.2) is 0 Å². The highest BCUT2D eigenvalue weighted by molar-refractivity contribution is 6.35. The van der Waals surface area contributed by atoms with Gasteiger partial charge in [0, 0.05) is 33.5 Å². The molecule has 7 heteroatoms. The number of carbonyl (C=O) groups excluding carboxylic acids is 2. The van der Waals surface area contributed by atoms with Gasteiger partial charge in [0.2, 0.25) is 11.8 Å². The smallest absolute Gasteiger partial charge is 0.243 e. The molecule has 0 aromatic heterocycles. The van der Waals surface area contributed by atoms with Crippen LogP contribution in [0.5, 0.6) is 0 Å². The Morgan fingerprint density at radius 2 is 1.40 bits per heavy atom. The number of halogens is 2. The van der Waals surface area contributed by atoms with Gasteiger partial charge in [-0.2, -0.15) is 0 Å². The molecule has 2 rings (SSSR count). The van der Waals surface area contributed by atoms with Crippen LogP contribution in [0.4, 0.5) is 17.1 Å². The molecular formula is C18H19Cl2N3O2. The molecule has 2 aromatic rings. The highest BCUT2D eigenvalue weighted by Crippen LogP contribution is 2.22. The van der Waals surface area contributed by atoms with Crippen LogP contribution in [0, 0.1) is 0 Å². The van der Waals surface area contributed by atoms with E-state index in [2.05, 4.69) is 16.0 Å². The first kappa shape index (κ1) is 19.1. The predicted molar refractivity (Wildman–Crippen MR) is 104 cm³/mol. The lowest BCUT2D eigenvalue weighted by molar-refractivity contribution is -0.116. The fraction of sp³-hybridized carbons (Fsp3) is 0.222. The van der Waals surface area contributed by atoms with Gasteiger partial charge in [-0.05, 0) is 48.9 Å². The Morgan fingerprint density at radius 1 is 0.840 bits per heavy atom. The van der Waals surface area contributed by atoms with Crippen LogP contribution >= 0.6 is 23.2 Å². The average Bonchev–Trinajstić information content (AvgIpc) is 2.53. The molecule has 0 aliphatic rings. The Hall–Kier alpha value is -2.24. The van der Waals surface area contributed by atoms with E-state index in [9.17, 15) is 9.59 Å². The molecule has 0 heterocycles. The van der Waals surface area contributed by atoms with E-state index < -0.39 is 0 Å². The molecule has 0 fully saturated rings. The maximum atomic E-state index is 12.0. The second kappa shape index (κ2) is 9.30. The molecule has 0 unspecified atom stereocenters. The largest absolute Gasteiger partial charge is 0.376 e. The second-order valence-electron chi connectivity index (χ2n) is 5.44. The van der Waals surface area contributed by atoms with E-state index in [0.29, 0.717) is 22.2 Å². The molecule has 0 saturated carbocycles. The van der Waals surface area contributed by atoms with E-state index in [1.807, 2.05) is 6.92 Å². The number of hydrogen-bond acceptors (Lipinski definition) is 3. The number of nitrogens with one attached hydrogen (secondary N) is 3. The van der Waals surface area contributed by atoms with Gasteiger partial charge in [0.15, 0.2) is 0 Å². The van der Waals surface area contributed by atoms with Crippen LogP contribution in [0.3, 0.4) is 0 Å². The molecule has 0 bridgehead atoms. The lowest BCUT2D eigenvalue weighted by Gasteiger charge is -2.10. The SMILES string of the molecule is CCCC(=O)Nc1ccc(NCC(=O)Nc2cc(Cl)cc(Cl)c2)cc1. The van der Waals surface area contributed by atoms with Gasteiger partial charge in [0.05, 0.1) is 6.54 Å². The van der Waals surface area contributed by atoms with Crippen molar-refractivity contribution in [3.8, 4) is 0 Å². The fourth-order valence-electron chi connectivity index (χ4n) is 2.14. The van der Waals surface area contributed by atoms with Gasteiger partial charge in [0.25, 0.3) is 0 Å². The van der Waals surface area contributed by atoms with Crippen LogP contribution in [-0.4, -0.2) is 18.4 Å². The van der Waals surface area contributed by atoms with E-state index >= 15 is 0 Å². The fourth-order valence-corrected chi connectivity index (χ4v) is 2.66. The zero-order valence-electron chi connectivity index (χ0n) is 13.7. The lowest BCUT2D eigenvalue weighted by Crippen LogP contribution is -2.21. The monoisotopic (exact) mass is 379 g/mol. The molecule has 0 atom stereocenters. The summed E-state index contributed by atoms with van der Waals surface area (Å²) in [6.45, 7) is 2.04. The summed E-state index contributed by atoms with van der Waals surface area (Å²) in [5, 5.41) is 9.44. The third kappa shape index (κ3) is 6.64. The summed E-state index contributed by atoms with van der Waals surface area (Å²) >= 11 is 11.8. The summed E-state index contributed by atoms with van der Waals surface area (Å²) in [7, 11) is 0. The molecule has 3 N–H and O–H groups in total. The molecule has 25 heavy (non-hydrogen) atoms. The first-order valence-electron chi connectivity index (χ1n) is 7.86. The van der Waals surface area contributed by atoms with Crippen LogP contribution in [0.1, 0.15) is 19.8 Å². The van der Waals surface area contributed by atoms with Crippen molar-refractivity contribution >= 4 is 52.1 Å². The summed E-state index contributed by atoms with van der Waals surface area (Å²) < 4.78 is 0. The summed E-state index contributed by atoms with van der Waals surface area (Å²) in [6, 6.07) is 12.0.